The van der Waals surface area contributed by atoms with Crippen LogP contribution >= 0.6 is 0 Å². The lowest BCUT2D eigenvalue weighted by atomic mass is 9.33. The van der Waals surface area contributed by atoms with Gasteiger partial charge in [-0.05, 0) is 213 Å². The second-order valence-corrected chi connectivity index (χ2v) is 36.4. The minimum atomic E-state index is -0.835. The smallest absolute Gasteiger partial charge is 0.252 e. The number of hydrogen-bond donors (Lipinski definition) is 0. The highest BCUT2D eigenvalue weighted by Gasteiger charge is 2.46. The van der Waals surface area contributed by atoms with Gasteiger partial charge in [0.25, 0.3) is 6.71 Å². The molecular weight excluding hydrogens is 1320 g/mol. The minimum Gasteiger partial charge on any atom is -0.311 e. The molecule has 109 heavy (non-hydrogen) atoms. The van der Waals surface area contributed by atoms with Gasteiger partial charge in [-0.3, -0.25) is 0 Å². The molecule has 0 atom stereocenters. The van der Waals surface area contributed by atoms with Crippen molar-refractivity contribution in [3.8, 4) is 62.0 Å². The zero-order chi connectivity index (χ0) is 84.2. The summed E-state index contributed by atoms with van der Waals surface area (Å²) >= 11 is 0. The van der Waals surface area contributed by atoms with E-state index < -0.39 is 35.7 Å². The molecule has 0 bridgehead atoms. The second-order valence-electron chi connectivity index (χ2n) is 36.4. The van der Waals surface area contributed by atoms with Crippen LogP contribution in [0.1, 0.15) is 176 Å². The van der Waals surface area contributed by atoms with E-state index in [1.807, 2.05) is 69.3 Å². The molecule has 0 saturated carbocycles. The lowest BCUT2D eigenvalue weighted by Gasteiger charge is -2.45. The molecule has 0 N–H and O–H groups in total. The highest BCUT2D eigenvalue weighted by atomic mass is 15.2. The number of aromatic nitrogens is 2. The van der Waals surface area contributed by atoms with Crippen molar-refractivity contribution >= 4 is 101 Å². The highest BCUT2D eigenvalue weighted by molar-refractivity contribution is 7.00. The Bertz CT molecular complexity index is 6650. The van der Waals surface area contributed by atoms with Crippen LogP contribution in [0.2, 0.25) is 0 Å². The predicted octanol–water partition coefficient (Wildman–Crippen LogP) is 26.3. The number of rotatable bonds is 8. The summed E-state index contributed by atoms with van der Waals surface area (Å²) in [5.74, 6) is 0. The number of benzene rings is 13. The lowest BCUT2D eigenvalue weighted by molar-refractivity contribution is 0.569. The molecule has 4 heterocycles. The van der Waals surface area contributed by atoms with Crippen molar-refractivity contribution in [1.29, 1.82) is 5.26 Å². The van der Waals surface area contributed by atoms with Gasteiger partial charge in [-0.15, -0.1) is 0 Å². The van der Waals surface area contributed by atoms with Crippen LogP contribution in [0.15, 0.2) is 267 Å². The molecule has 0 amide bonds. The Kier molecular flexibility index (Phi) is 14.1. The first-order valence-corrected chi connectivity index (χ1v) is 38.3. The van der Waals surface area contributed by atoms with E-state index in [0.717, 1.165) is 122 Å². The van der Waals surface area contributed by atoms with Crippen molar-refractivity contribution in [3.05, 3.63) is 306 Å². The van der Waals surface area contributed by atoms with Crippen LogP contribution in [-0.4, -0.2) is 15.8 Å². The standard InChI is InChI=1S/C103H98BN5/c1-98(2,3)71-35-29-34-67(50-71)82-60-76(103(16,17)18)59-81(65-32-23-20-24-33-65)97(82)109-92-53-66(64-30-21-19-22-31-64)41-46-85(92)104-86-47-45-78(106-89-48-42-72(99(4,5)6)57-83(89)84-58-73(100(7,8)9)43-49-90(84)106)62-93(86)107(94-54-70(55-95(109)96(94)104)69-51-74(101(10,11)12)56-75(52-69)102(13,14)15)77-44-40-68(63-105)91(61-77)108-87-38-27-25-36-79(87)80-37-26-28-39-88(80)108/h19-62H,1-18H3/i19D,21D,22D,29D,30D,31D,34D,35D,50D. The molecule has 17 rings (SSSR count). The normalized spacial score (nSPS) is 14.5. The van der Waals surface area contributed by atoms with Crippen molar-refractivity contribution in [3.63, 3.8) is 0 Å². The Morgan fingerprint density at radius 2 is 0.780 bits per heavy atom. The number of para-hydroxylation sites is 2. The van der Waals surface area contributed by atoms with Gasteiger partial charge in [0.1, 0.15) is 6.07 Å². The molecule has 6 heteroatoms. The molecule has 15 aromatic rings. The van der Waals surface area contributed by atoms with Crippen LogP contribution in [0, 0.1) is 11.3 Å². The number of nitriles is 1. The van der Waals surface area contributed by atoms with Crippen LogP contribution < -0.4 is 26.2 Å². The van der Waals surface area contributed by atoms with Crippen molar-refractivity contribution in [1.82, 2.24) is 9.13 Å². The zero-order valence-electron chi connectivity index (χ0n) is 75.0. The van der Waals surface area contributed by atoms with Crippen LogP contribution in [0.25, 0.3) is 99.5 Å². The monoisotopic (exact) mass is 1420 g/mol. The molecule has 2 aliphatic heterocycles. The molecule has 0 radical (unpaired) electrons. The van der Waals surface area contributed by atoms with E-state index >= 15 is 0 Å². The molecule has 0 fully saturated rings. The Labute approximate surface area is 658 Å². The summed E-state index contributed by atoms with van der Waals surface area (Å²) in [4.78, 5) is 4.67. The molecule has 538 valence electrons. The van der Waals surface area contributed by atoms with Gasteiger partial charge in [-0.2, -0.15) is 5.26 Å². The van der Waals surface area contributed by atoms with E-state index in [1.165, 1.54) is 11.1 Å². The van der Waals surface area contributed by atoms with Gasteiger partial charge in [0, 0.05) is 66.8 Å². The molecule has 5 nitrogen and oxygen atoms in total. The molecule has 0 aliphatic carbocycles. The first-order valence-electron chi connectivity index (χ1n) is 42.8. The molecule has 2 aromatic heterocycles. The molecule has 0 saturated heterocycles. The van der Waals surface area contributed by atoms with E-state index in [2.05, 4.69) is 293 Å². The van der Waals surface area contributed by atoms with Crippen molar-refractivity contribution in [2.75, 3.05) is 9.80 Å². The fourth-order valence-electron chi connectivity index (χ4n) is 16.6. The third-order valence-corrected chi connectivity index (χ3v) is 22.7. The summed E-state index contributed by atoms with van der Waals surface area (Å²) in [7, 11) is 0. The summed E-state index contributed by atoms with van der Waals surface area (Å²) < 4.78 is 92.3. The molecule has 2 aliphatic rings. The molecule has 0 unspecified atom stereocenters. The van der Waals surface area contributed by atoms with Gasteiger partial charge >= 0.3 is 0 Å². The van der Waals surface area contributed by atoms with Gasteiger partial charge in [0.05, 0.1) is 51.3 Å². The fraction of sp³-hybridized carbons (Fsp3) is 0.233. The average Bonchev–Trinajstić information content (AvgIpc) is 0.817. The molecule has 13 aromatic carbocycles. The molecule has 0 spiro atoms. The van der Waals surface area contributed by atoms with E-state index in [1.54, 1.807) is 0 Å². The predicted molar refractivity (Wildman–Crippen MR) is 468 cm³/mol. The van der Waals surface area contributed by atoms with E-state index in [9.17, 15) is 16.2 Å². The Morgan fingerprint density at radius 3 is 1.35 bits per heavy atom. The summed E-state index contributed by atoms with van der Waals surface area (Å²) in [6.07, 6.45) is 0. The first-order chi connectivity index (χ1) is 55.5. The maximum absolute atomic E-state index is 11.7. The van der Waals surface area contributed by atoms with Crippen molar-refractivity contribution < 1.29 is 12.3 Å². The third-order valence-electron chi connectivity index (χ3n) is 22.7. The van der Waals surface area contributed by atoms with E-state index in [4.69, 9.17) is 1.37 Å². The first kappa shape index (κ1) is 60.6. The van der Waals surface area contributed by atoms with E-state index in [-0.39, 0.29) is 69.0 Å². The van der Waals surface area contributed by atoms with Crippen LogP contribution in [0.4, 0.5) is 34.1 Å². The Balaban J connectivity index is 1.10. The van der Waals surface area contributed by atoms with Gasteiger partial charge in [0.2, 0.25) is 0 Å². The summed E-state index contributed by atoms with van der Waals surface area (Å²) in [6.45, 7) is 38.8. The van der Waals surface area contributed by atoms with Crippen LogP contribution in [0.5, 0.6) is 0 Å². The van der Waals surface area contributed by atoms with Gasteiger partial charge < -0.3 is 18.9 Å². The minimum absolute atomic E-state index is 0.0195. The summed E-state index contributed by atoms with van der Waals surface area (Å²) in [5.41, 5.74) is 20.9. The fourth-order valence-corrected chi connectivity index (χ4v) is 16.6. The summed E-state index contributed by atoms with van der Waals surface area (Å²) in [5, 5.41) is 16.0. The lowest BCUT2D eigenvalue weighted by Crippen LogP contribution is -2.61. The van der Waals surface area contributed by atoms with Crippen LogP contribution in [-0.2, 0) is 32.5 Å². The number of fused-ring (bicyclic) bond motifs is 10. The topological polar surface area (TPSA) is 40.1 Å². The Hall–Kier alpha value is -11.4. The number of nitrogens with zero attached hydrogens (tertiary/aromatic N) is 5. The largest absolute Gasteiger partial charge is 0.311 e. The summed E-state index contributed by atoms with van der Waals surface area (Å²) in [6, 6.07) is 75.4. The average molecular weight is 1430 g/mol. The number of hydrogen-bond acceptors (Lipinski definition) is 3. The Morgan fingerprint density at radius 1 is 0.312 bits per heavy atom. The second kappa shape index (κ2) is 25.4. The van der Waals surface area contributed by atoms with Gasteiger partial charge in [0.15, 0.2) is 0 Å². The number of anilines is 6. The maximum atomic E-state index is 11.7. The van der Waals surface area contributed by atoms with E-state index in [0.29, 0.717) is 45.0 Å². The van der Waals surface area contributed by atoms with Crippen molar-refractivity contribution in [2.45, 2.75) is 157 Å². The maximum Gasteiger partial charge on any atom is 0.252 e. The molecular formula is C103H98BN5. The SMILES string of the molecule is [2H]c1c([2H])c([2H])c(-c2ccc3c(c2)N(c2c(-c4ccccc4)cc(C(C)(C)C)cc2-c2c([2H])c([2H])c([2H])c(C(C)(C)C)c2[2H])c2cc(-c4cc(C(C)(C)C)cc(C(C)(C)C)c4)cc4c2B3c2ccc(-n3c5ccc(C(C)(C)C)cc5c5cc(C(C)(C)C)ccc53)cc2N4c2ccc(C#N)c(-n3c4ccccc4c4ccccc43)c2)c([2H])c1[2H]. The van der Waals surface area contributed by atoms with Crippen molar-refractivity contribution in [2.24, 2.45) is 0 Å². The van der Waals surface area contributed by atoms with Gasteiger partial charge in [-0.1, -0.05) is 294 Å². The van der Waals surface area contributed by atoms with Gasteiger partial charge in [-0.25, -0.2) is 0 Å². The zero-order valence-corrected chi connectivity index (χ0v) is 66.0. The van der Waals surface area contributed by atoms with Crippen LogP contribution in [0.3, 0.4) is 0 Å². The quantitative estimate of drug-likeness (QED) is 0.142. The third kappa shape index (κ3) is 12.1. The highest BCUT2D eigenvalue weighted by Crippen LogP contribution is 2.54.